The van der Waals surface area contributed by atoms with Gasteiger partial charge in [0, 0.05) is 31.4 Å². The number of H-pyrrole nitrogens is 1. The lowest BCUT2D eigenvalue weighted by atomic mass is 9.98. The molecule has 5 N–H and O–H groups in total. The number of rotatable bonds is 10. The summed E-state index contributed by atoms with van der Waals surface area (Å²) in [5, 5.41) is 20.7. The lowest BCUT2D eigenvalue weighted by Gasteiger charge is -2.21. The monoisotopic (exact) mass is 479 g/mol. The molecule has 0 aliphatic rings. The molecular formula is C25H26FN5O4. The molecule has 0 radical (unpaired) electrons. The number of aliphatic hydroxyl groups is 2. The molecule has 0 saturated heterocycles. The van der Waals surface area contributed by atoms with E-state index in [0.717, 1.165) is 11.1 Å². The van der Waals surface area contributed by atoms with Crippen LogP contribution in [0.25, 0.3) is 11.0 Å². The molecule has 4 aromatic rings. The Kier molecular flexibility index (Phi) is 7.04. The number of aromatic nitrogens is 4. The summed E-state index contributed by atoms with van der Waals surface area (Å²) in [6.07, 6.45) is 6.45. The number of halogens is 1. The van der Waals surface area contributed by atoms with Crippen molar-refractivity contribution in [2.45, 2.75) is 44.4 Å². The van der Waals surface area contributed by atoms with Gasteiger partial charge in [-0.15, -0.1) is 0 Å². The van der Waals surface area contributed by atoms with Crippen LogP contribution in [0, 0.1) is 5.82 Å². The number of nitrogens with one attached hydrogen (secondary N) is 1. The average molecular weight is 480 g/mol. The minimum Gasteiger partial charge on any atom is -0.366 e. The summed E-state index contributed by atoms with van der Waals surface area (Å²) < 4.78 is 14.4. The molecule has 182 valence electrons. The molecule has 10 heteroatoms. The number of nitrogens with zero attached hydrogens (tertiary/aromatic N) is 3. The van der Waals surface area contributed by atoms with Crippen LogP contribution in [0.3, 0.4) is 0 Å². The van der Waals surface area contributed by atoms with Crippen LogP contribution in [0.2, 0.25) is 0 Å². The van der Waals surface area contributed by atoms with Crippen LogP contribution in [0.4, 0.5) is 4.39 Å². The summed E-state index contributed by atoms with van der Waals surface area (Å²) >= 11 is 0. The Hall–Kier alpha value is -3.89. The van der Waals surface area contributed by atoms with E-state index in [-0.39, 0.29) is 30.8 Å². The standard InChI is InChI=1S/C25H26FN5O4/c26-18-5-3-16(4-6-18)7-9-25(34,35)8-1-2-17-12-21-20(30-14-17)13-19(23(27)32)24(33)31(21)15-22-28-10-11-29-22/h3-6,10-14,34-35H,1-2,7-9,15H2,(H2,27,32)(H,28,29). The van der Waals surface area contributed by atoms with E-state index in [1.165, 1.54) is 22.8 Å². The number of carbonyl (C=O) groups excluding carboxylic acids is 1. The largest absolute Gasteiger partial charge is 0.366 e. The zero-order valence-electron chi connectivity index (χ0n) is 18.9. The van der Waals surface area contributed by atoms with Crippen molar-refractivity contribution >= 4 is 16.9 Å². The fraction of sp³-hybridized carbons (Fsp3) is 0.280. The van der Waals surface area contributed by atoms with E-state index in [1.807, 2.05) is 0 Å². The van der Waals surface area contributed by atoms with Crippen LogP contribution in [-0.2, 0) is 19.4 Å². The van der Waals surface area contributed by atoms with Gasteiger partial charge in [0.25, 0.3) is 11.5 Å². The van der Waals surface area contributed by atoms with E-state index in [1.54, 1.807) is 36.8 Å². The van der Waals surface area contributed by atoms with Gasteiger partial charge in [-0.2, -0.15) is 0 Å². The number of benzene rings is 1. The summed E-state index contributed by atoms with van der Waals surface area (Å²) in [4.78, 5) is 36.2. The maximum absolute atomic E-state index is 13.0. The van der Waals surface area contributed by atoms with Crippen LogP contribution in [0.1, 0.15) is 46.6 Å². The highest BCUT2D eigenvalue weighted by Crippen LogP contribution is 2.21. The highest BCUT2D eigenvalue weighted by molar-refractivity contribution is 5.95. The summed E-state index contributed by atoms with van der Waals surface area (Å²) in [6, 6.07) is 9.11. The first-order valence-corrected chi connectivity index (χ1v) is 11.2. The minimum atomic E-state index is -1.86. The molecule has 0 atom stereocenters. The number of carbonyl (C=O) groups is 1. The number of amides is 1. The minimum absolute atomic E-state index is 0.106. The van der Waals surface area contributed by atoms with Gasteiger partial charge >= 0.3 is 0 Å². The van der Waals surface area contributed by atoms with Crippen molar-refractivity contribution in [3.8, 4) is 0 Å². The molecule has 3 aromatic heterocycles. The van der Waals surface area contributed by atoms with Crippen molar-refractivity contribution < 1.29 is 19.4 Å². The van der Waals surface area contributed by atoms with E-state index >= 15 is 0 Å². The number of pyridine rings is 2. The molecule has 4 rings (SSSR count). The second-order valence-electron chi connectivity index (χ2n) is 8.56. The lowest BCUT2D eigenvalue weighted by Crippen LogP contribution is -2.30. The van der Waals surface area contributed by atoms with Gasteiger partial charge in [-0.05, 0) is 54.7 Å². The molecule has 0 aliphatic heterocycles. The number of imidazole rings is 1. The first kappa shape index (κ1) is 24.2. The van der Waals surface area contributed by atoms with Crippen LogP contribution < -0.4 is 11.3 Å². The number of hydrogen-bond donors (Lipinski definition) is 4. The Morgan fingerprint density at radius 3 is 2.54 bits per heavy atom. The number of aromatic amines is 1. The van der Waals surface area contributed by atoms with Gasteiger partial charge in [-0.3, -0.25) is 19.1 Å². The Balaban J connectivity index is 1.48. The Morgan fingerprint density at radius 2 is 1.86 bits per heavy atom. The van der Waals surface area contributed by atoms with Gasteiger partial charge in [0.2, 0.25) is 0 Å². The smallest absolute Gasteiger partial charge is 0.264 e. The first-order valence-electron chi connectivity index (χ1n) is 11.2. The van der Waals surface area contributed by atoms with Crippen LogP contribution in [0.15, 0.2) is 59.8 Å². The molecule has 9 nitrogen and oxygen atoms in total. The molecule has 0 bridgehead atoms. The second-order valence-corrected chi connectivity index (χ2v) is 8.56. The lowest BCUT2D eigenvalue weighted by molar-refractivity contribution is -0.170. The summed E-state index contributed by atoms with van der Waals surface area (Å²) in [6.45, 7) is 0.106. The van der Waals surface area contributed by atoms with Crippen molar-refractivity contribution in [2.75, 3.05) is 0 Å². The molecule has 0 aliphatic carbocycles. The molecule has 0 saturated carbocycles. The van der Waals surface area contributed by atoms with Crippen molar-refractivity contribution in [1.29, 1.82) is 0 Å². The molecule has 1 aromatic carbocycles. The number of aryl methyl sites for hydroxylation is 2. The second kappa shape index (κ2) is 10.2. The van der Waals surface area contributed by atoms with Gasteiger partial charge in [0.1, 0.15) is 17.2 Å². The van der Waals surface area contributed by atoms with Crippen molar-refractivity contribution in [3.05, 3.63) is 93.7 Å². The Bertz CT molecular complexity index is 1380. The molecule has 0 fully saturated rings. The average Bonchev–Trinajstić information content (AvgIpc) is 3.33. The fourth-order valence-electron chi connectivity index (χ4n) is 3.99. The zero-order valence-corrected chi connectivity index (χ0v) is 18.9. The van der Waals surface area contributed by atoms with Gasteiger partial charge in [0.15, 0.2) is 5.79 Å². The normalized spacial score (nSPS) is 11.7. The number of primary amides is 1. The predicted octanol–water partition coefficient (Wildman–Crippen LogP) is 2.04. The highest BCUT2D eigenvalue weighted by atomic mass is 19.1. The Morgan fingerprint density at radius 1 is 1.09 bits per heavy atom. The van der Waals surface area contributed by atoms with Gasteiger partial charge < -0.3 is 20.9 Å². The summed E-state index contributed by atoms with van der Waals surface area (Å²) in [7, 11) is 0. The zero-order chi connectivity index (χ0) is 25.0. The third kappa shape index (κ3) is 5.97. The van der Waals surface area contributed by atoms with Gasteiger partial charge in [-0.1, -0.05) is 12.1 Å². The molecule has 35 heavy (non-hydrogen) atoms. The van der Waals surface area contributed by atoms with E-state index in [4.69, 9.17) is 5.73 Å². The van der Waals surface area contributed by atoms with E-state index in [2.05, 4.69) is 15.0 Å². The third-order valence-corrected chi connectivity index (χ3v) is 5.90. The topological polar surface area (TPSA) is 147 Å². The molecule has 0 spiro atoms. The molecule has 0 unspecified atom stereocenters. The van der Waals surface area contributed by atoms with Crippen molar-refractivity contribution in [2.24, 2.45) is 5.73 Å². The van der Waals surface area contributed by atoms with Crippen LogP contribution in [0.5, 0.6) is 0 Å². The van der Waals surface area contributed by atoms with Gasteiger partial charge in [-0.25, -0.2) is 9.37 Å². The number of hydrogen-bond acceptors (Lipinski definition) is 6. The maximum Gasteiger partial charge on any atom is 0.264 e. The molecule has 1 amide bonds. The maximum atomic E-state index is 13.0. The molecule has 3 heterocycles. The predicted molar refractivity (Wildman–Crippen MR) is 127 cm³/mol. The van der Waals surface area contributed by atoms with Crippen molar-refractivity contribution in [1.82, 2.24) is 19.5 Å². The summed E-state index contributed by atoms with van der Waals surface area (Å²) in [5.41, 5.74) is 7.27. The quantitative estimate of drug-likeness (QED) is 0.256. The number of fused-ring (bicyclic) bond motifs is 1. The van der Waals surface area contributed by atoms with E-state index in [9.17, 15) is 24.2 Å². The van der Waals surface area contributed by atoms with Gasteiger partial charge in [0.05, 0.1) is 17.6 Å². The van der Waals surface area contributed by atoms with E-state index < -0.39 is 17.3 Å². The third-order valence-electron chi connectivity index (χ3n) is 5.90. The number of nitrogens with two attached hydrogens (primary N) is 1. The van der Waals surface area contributed by atoms with Crippen molar-refractivity contribution in [3.63, 3.8) is 0 Å². The van der Waals surface area contributed by atoms with E-state index in [0.29, 0.717) is 36.1 Å². The Labute approximate surface area is 200 Å². The van der Waals surface area contributed by atoms with Crippen LogP contribution in [-0.4, -0.2) is 41.4 Å². The van der Waals surface area contributed by atoms with Crippen LogP contribution >= 0.6 is 0 Å². The highest BCUT2D eigenvalue weighted by Gasteiger charge is 2.22. The SMILES string of the molecule is NC(=O)c1cc2ncc(CCCC(O)(O)CCc3ccc(F)cc3)cc2n(Cc2ncc[nH]2)c1=O. The summed E-state index contributed by atoms with van der Waals surface area (Å²) in [5.74, 6) is -2.50. The molecular weight excluding hydrogens is 453 g/mol. The fourth-order valence-corrected chi connectivity index (χ4v) is 3.99. The first-order chi connectivity index (χ1) is 16.7.